The van der Waals surface area contributed by atoms with Gasteiger partial charge in [-0.15, -0.1) is 0 Å². The Bertz CT molecular complexity index is 457. The molecule has 3 heterocycles. The van der Waals surface area contributed by atoms with Gasteiger partial charge >= 0.3 is 0 Å². The summed E-state index contributed by atoms with van der Waals surface area (Å²) in [4.78, 5) is 11.9. The lowest BCUT2D eigenvalue weighted by Gasteiger charge is -2.38. The zero-order chi connectivity index (χ0) is 13.4. The average Bonchev–Trinajstić information content (AvgIpc) is 2.85. The Morgan fingerprint density at radius 1 is 1.32 bits per heavy atom. The van der Waals surface area contributed by atoms with E-state index in [9.17, 15) is 0 Å². The first-order chi connectivity index (χ1) is 9.15. The minimum atomic E-state index is 0.390. The lowest BCUT2D eigenvalue weighted by atomic mass is 9.92. The Morgan fingerprint density at radius 3 is 2.95 bits per heavy atom. The maximum atomic E-state index is 4.80. The second-order valence-corrected chi connectivity index (χ2v) is 6.20. The third-order valence-electron chi connectivity index (χ3n) is 4.35. The predicted octanol–water partition coefficient (Wildman–Crippen LogP) is 2.10. The second kappa shape index (κ2) is 5.08. The van der Waals surface area contributed by atoms with Gasteiger partial charge in [0, 0.05) is 43.4 Å². The molecule has 1 aromatic rings. The number of aromatic nitrogens is 2. The Labute approximate surface area is 115 Å². The lowest BCUT2D eigenvalue weighted by molar-refractivity contribution is 0.382. The molecule has 2 fully saturated rings. The van der Waals surface area contributed by atoms with Gasteiger partial charge in [0.05, 0.1) is 0 Å². The van der Waals surface area contributed by atoms with Crippen LogP contribution in [0.1, 0.15) is 44.1 Å². The van der Waals surface area contributed by atoms with E-state index in [-0.39, 0.29) is 0 Å². The number of hydrogen-bond acceptors (Lipinski definition) is 4. The highest BCUT2D eigenvalue weighted by Gasteiger charge is 2.35. The number of anilines is 1. The summed E-state index contributed by atoms with van der Waals surface area (Å²) in [6.07, 6.45) is 2.64. The third-order valence-corrected chi connectivity index (χ3v) is 4.35. The minimum absolute atomic E-state index is 0.390. The molecule has 1 aromatic heterocycles. The molecule has 2 saturated heterocycles. The normalized spacial score (nSPS) is 26.8. The summed E-state index contributed by atoms with van der Waals surface area (Å²) in [5, 5.41) is 3.53. The molecule has 1 N–H and O–H groups in total. The highest BCUT2D eigenvalue weighted by molar-refractivity contribution is 5.43. The molecule has 2 unspecified atom stereocenters. The molecule has 0 saturated carbocycles. The molecule has 0 spiro atoms. The van der Waals surface area contributed by atoms with E-state index >= 15 is 0 Å². The zero-order valence-corrected chi connectivity index (χ0v) is 12.2. The van der Waals surface area contributed by atoms with Crippen LogP contribution in [0.15, 0.2) is 6.07 Å². The van der Waals surface area contributed by atoms with E-state index < -0.39 is 0 Å². The summed E-state index contributed by atoms with van der Waals surface area (Å²) in [6, 6.07) is 2.77. The van der Waals surface area contributed by atoms with Gasteiger partial charge < -0.3 is 10.2 Å². The van der Waals surface area contributed by atoms with Crippen LogP contribution in [-0.4, -0.2) is 35.6 Å². The highest BCUT2D eigenvalue weighted by Crippen LogP contribution is 2.30. The summed E-state index contributed by atoms with van der Waals surface area (Å²) >= 11 is 0. The number of rotatable bonds is 2. The highest BCUT2D eigenvalue weighted by atomic mass is 15.3. The molecule has 0 bridgehead atoms. The molecule has 104 valence electrons. The van der Waals surface area contributed by atoms with Crippen LogP contribution >= 0.6 is 0 Å². The second-order valence-electron chi connectivity index (χ2n) is 6.20. The van der Waals surface area contributed by atoms with Crippen LogP contribution < -0.4 is 10.2 Å². The number of piperidine rings is 1. The van der Waals surface area contributed by atoms with Crippen molar-refractivity contribution < 1.29 is 0 Å². The Morgan fingerprint density at radius 2 is 2.16 bits per heavy atom. The number of hydrogen-bond donors (Lipinski definition) is 1. The first kappa shape index (κ1) is 12.9. The minimum Gasteiger partial charge on any atom is -0.352 e. The average molecular weight is 260 g/mol. The van der Waals surface area contributed by atoms with Crippen molar-refractivity contribution in [3.05, 3.63) is 17.6 Å². The standard InChI is InChI=1S/C15H24N4/c1-10(2)15-17-11(3)7-14(18-15)19-6-4-5-12-8-16-9-13(12)19/h7,10,12-13,16H,4-6,8-9H2,1-3H3. The van der Waals surface area contributed by atoms with Crippen LogP contribution in [0.4, 0.5) is 5.82 Å². The molecule has 0 aromatic carbocycles. The maximum absolute atomic E-state index is 4.80. The van der Waals surface area contributed by atoms with Crippen molar-refractivity contribution in [2.45, 2.75) is 45.6 Å². The van der Waals surface area contributed by atoms with E-state index in [1.165, 1.54) is 19.4 Å². The van der Waals surface area contributed by atoms with E-state index in [0.29, 0.717) is 12.0 Å². The molecule has 0 amide bonds. The van der Waals surface area contributed by atoms with Gasteiger partial charge in [0.25, 0.3) is 0 Å². The summed E-state index contributed by atoms with van der Waals surface area (Å²) in [7, 11) is 0. The van der Waals surface area contributed by atoms with E-state index in [1.807, 2.05) is 0 Å². The molecule has 4 heteroatoms. The molecule has 2 aliphatic heterocycles. The van der Waals surface area contributed by atoms with Crippen LogP contribution in [0, 0.1) is 12.8 Å². The third kappa shape index (κ3) is 2.46. The number of aryl methyl sites for hydroxylation is 1. The van der Waals surface area contributed by atoms with Crippen LogP contribution in [0.3, 0.4) is 0 Å². The molecule has 2 aliphatic rings. The topological polar surface area (TPSA) is 41.0 Å². The van der Waals surface area contributed by atoms with Gasteiger partial charge in [0.15, 0.2) is 0 Å². The fraction of sp³-hybridized carbons (Fsp3) is 0.733. The summed E-state index contributed by atoms with van der Waals surface area (Å²) < 4.78 is 0. The smallest absolute Gasteiger partial charge is 0.133 e. The van der Waals surface area contributed by atoms with E-state index in [4.69, 9.17) is 4.98 Å². The molecule has 19 heavy (non-hydrogen) atoms. The summed E-state index contributed by atoms with van der Waals surface area (Å²) in [5.74, 6) is 3.30. The molecule has 3 rings (SSSR count). The molecule has 0 aliphatic carbocycles. The number of nitrogens with one attached hydrogen (secondary N) is 1. The first-order valence-electron chi connectivity index (χ1n) is 7.48. The SMILES string of the molecule is Cc1cc(N2CCCC3CNCC32)nc(C(C)C)n1. The van der Waals surface area contributed by atoms with Crippen molar-refractivity contribution in [3.8, 4) is 0 Å². The fourth-order valence-corrected chi connectivity index (χ4v) is 3.33. The van der Waals surface area contributed by atoms with Crippen molar-refractivity contribution in [1.82, 2.24) is 15.3 Å². The monoisotopic (exact) mass is 260 g/mol. The van der Waals surface area contributed by atoms with Gasteiger partial charge in [-0.25, -0.2) is 9.97 Å². The molecular formula is C15H24N4. The Hall–Kier alpha value is -1.16. The van der Waals surface area contributed by atoms with Gasteiger partial charge in [0.1, 0.15) is 11.6 Å². The molecular weight excluding hydrogens is 236 g/mol. The predicted molar refractivity (Wildman–Crippen MR) is 77.6 cm³/mol. The lowest BCUT2D eigenvalue weighted by Crippen LogP contribution is -2.45. The van der Waals surface area contributed by atoms with Crippen LogP contribution in [0.5, 0.6) is 0 Å². The van der Waals surface area contributed by atoms with E-state index in [1.54, 1.807) is 0 Å². The van der Waals surface area contributed by atoms with Crippen molar-refractivity contribution in [2.75, 3.05) is 24.5 Å². The maximum Gasteiger partial charge on any atom is 0.133 e. The van der Waals surface area contributed by atoms with Gasteiger partial charge in [-0.2, -0.15) is 0 Å². The quantitative estimate of drug-likeness (QED) is 0.884. The van der Waals surface area contributed by atoms with Gasteiger partial charge in [-0.1, -0.05) is 13.8 Å². The van der Waals surface area contributed by atoms with Crippen LogP contribution in [0.2, 0.25) is 0 Å². The fourth-order valence-electron chi connectivity index (χ4n) is 3.33. The summed E-state index contributed by atoms with van der Waals surface area (Å²) in [5.41, 5.74) is 1.08. The van der Waals surface area contributed by atoms with Crippen molar-refractivity contribution in [3.63, 3.8) is 0 Å². The van der Waals surface area contributed by atoms with Crippen LogP contribution in [0.25, 0.3) is 0 Å². The van der Waals surface area contributed by atoms with E-state index in [0.717, 1.165) is 36.3 Å². The van der Waals surface area contributed by atoms with Gasteiger partial charge in [-0.3, -0.25) is 0 Å². The van der Waals surface area contributed by atoms with Gasteiger partial charge in [-0.05, 0) is 25.7 Å². The zero-order valence-electron chi connectivity index (χ0n) is 12.2. The number of nitrogens with zero attached hydrogens (tertiary/aromatic N) is 3. The largest absolute Gasteiger partial charge is 0.352 e. The summed E-state index contributed by atoms with van der Waals surface area (Å²) in [6.45, 7) is 9.80. The molecule has 4 nitrogen and oxygen atoms in total. The van der Waals surface area contributed by atoms with Crippen molar-refractivity contribution >= 4 is 5.82 Å². The molecule has 2 atom stereocenters. The van der Waals surface area contributed by atoms with E-state index in [2.05, 4.69) is 42.0 Å². The Balaban J connectivity index is 1.92. The van der Waals surface area contributed by atoms with Crippen molar-refractivity contribution in [2.24, 2.45) is 5.92 Å². The molecule has 0 radical (unpaired) electrons. The Kier molecular flexibility index (Phi) is 3.44. The van der Waals surface area contributed by atoms with Crippen molar-refractivity contribution in [1.29, 1.82) is 0 Å². The first-order valence-corrected chi connectivity index (χ1v) is 7.48. The van der Waals surface area contributed by atoms with Gasteiger partial charge in [0.2, 0.25) is 0 Å². The van der Waals surface area contributed by atoms with Crippen LogP contribution in [-0.2, 0) is 0 Å². The number of fused-ring (bicyclic) bond motifs is 1.